The Hall–Kier alpha value is -2.20. The molecular weight excluding hydrogens is 250 g/mol. The van der Waals surface area contributed by atoms with E-state index in [9.17, 15) is 4.79 Å². The largest absolute Gasteiger partial charge is 0.326 e. The lowest BCUT2D eigenvalue weighted by molar-refractivity contribution is -0.116. The molecule has 0 fully saturated rings. The van der Waals surface area contributed by atoms with E-state index in [1.165, 1.54) is 11.1 Å². The van der Waals surface area contributed by atoms with Crippen LogP contribution in [0.4, 0.5) is 5.82 Å². The summed E-state index contributed by atoms with van der Waals surface area (Å²) in [6.07, 6.45) is 2.86. The fourth-order valence-corrected chi connectivity index (χ4v) is 1.96. The van der Waals surface area contributed by atoms with Crippen LogP contribution in [0.25, 0.3) is 0 Å². The van der Waals surface area contributed by atoms with E-state index in [1.807, 2.05) is 18.2 Å². The van der Waals surface area contributed by atoms with E-state index < -0.39 is 0 Å². The number of aromatic nitrogens is 1. The van der Waals surface area contributed by atoms with Crippen molar-refractivity contribution in [2.24, 2.45) is 5.73 Å². The van der Waals surface area contributed by atoms with Gasteiger partial charge in [0.2, 0.25) is 5.91 Å². The topological polar surface area (TPSA) is 68.0 Å². The van der Waals surface area contributed by atoms with Gasteiger partial charge in [0.1, 0.15) is 5.82 Å². The van der Waals surface area contributed by atoms with Crippen LogP contribution in [-0.4, -0.2) is 10.9 Å². The molecular formula is C16H19N3O. The second-order valence-electron chi connectivity index (χ2n) is 4.73. The third-order valence-corrected chi connectivity index (χ3v) is 3.21. The van der Waals surface area contributed by atoms with Gasteiger partial charge in [-0.05, 0) is 36.1 Å². The van der Waals surface area contributed by atoms with Crippen LogP contribution in [0.5, 0.6) is 0 Å². The fourth-order valence-electron chi connectivity index (χ4n) is 1.96. The number of carbonyl (C=O) groups excluding carboxylic acids is 1. The lowest BCUT2D eigenvalue weighted by Gasteiger charge is -2.07. The molecule has 1 aromatic carbocycles. The van der Waals surface area contributed by atoms with Crippen molar-refractivity contribution in [1.82, 2.24) is 4.98 Å². The predicted octanol–water partition coefficient (Wildman–Crippen LogP) is 2.42. The summed E-state index contributed by atoms with van der Waals surface area (Å²) in [5.74, 6) is 0.540. The van der Waals surface area contributed by atoms with Gasteiger partial charge >= 0.3 is 0 Å². The maximum atomic E-state index is 11.9. The summed E-state index contributed by atoms with van der Waals surface area (Å²) in [4.78, 5) is 16.0. The Bertz CT molecular complexity index is 579. The number of nitrogens with two attached hydrogens (primary N) is 1. The molecule has 4 nitrogen and oxygen atoms in total. The maximum absolute atomic E-state index is 11.9. The van der Waals surface area contributed by atoms with E-state index in [2.05, 4.69) is 29.4 Å². The molecule has 1 aromatic heterocycles. The average molecular weight is 269 g/mol. The molecule has 2 rings (SSSR count). The van der Waals surface area contributed by atoms with Crippen molar-refractivity contribution < 1.29 is 4.79 Å². The zero-order valence-electron chi connectivity index (χ0n) is 11.6. The number of amides is 1. The Morgan fingerprint density at radius 2 is 2.05 bits per heavy atom. The number of hydrogen-bond donors (Lipinski definition) is 2. The number of hydrogen-bond acceptors (Lipinski definition) is 3. The Balaban J connectivity index is 1.87. The van der Waals surface area contributed by atoms with E-state index in [1.54, 1.807) is 12.3 Å². The smallest absolute Gasteiger partial charge is 0.225 e. The number of nitrogens with one attached hydrogen (secondary N) is 1. The third-order valence-electron chi connectivity index (χ3n) is 3.21. The molecule has 0 saturated carbocycles. The second kappa shape index (κ2) is 6.82. The van der Waals surface area contributed by atoms with Gasteiger partial charge in [-0.2, -0.15) is 0 Å². The van der Waals surface area contributed by atoms with Crippen LogP contribution in [0, 0.1) is 6.92 Å². The van der Waals surface area contributed by atoms with E-state index >= 15 is 0 Å². The number of carbonyl (C=O) groups is 1. The van der Waals surface area contributed by atoms with Gasteiger partial charge in [0.25, 0.3) is 0 Å². The molecule has 3 N–H and O–H groups in total. The van der Waals surface area contributed by atoms with Crippen LogP contribution >= 0.6 is 0 Å². The van der Waals surface area contributed by atoms with Gasteiger partial charge in [0.05, 0.1) is 0 Å². The second-order valence-corrected chi connectivity index (χ2v) is 4.73. The predicted molar refractivity (Wildman–Crippen MR) is 80.3 cm³/mol. The molecule has 0 saturated heterocycles. The van der Waals surface area contributed by atoms with E-state index in [-0.39, 0.29) is 5.91 Å². The van der Waals surface area contributed by atoms with Crippen LogP contribution < -0.4 is 11.1 Å². The van der Waals surface area contributed by atoms with Crippen LogP contribution in [0.1, 0.15) is 23.1 Å². The van der Waals surface area contributed by atoms with Crippen molar-refractivity contribution in [3.63, 3.8) is 0 Å². The van der Waals surface area contributed by atoms with Gasteiger partial charge in [-0.25, -0.2) is 4.98 Å². The van der Waals surface area contributed by atoms with Gasteiger partial charge in [0.15, 0.2) is 0 Å². The number of aryl methyl sites for hydroxylation is 2. The summed E-state index contributed by atoms with van der Waals surface area (Å²) in [6, 6.07) is 11.7. The molecule has 0 aliphatic carbocycles. The number of pyridine rings is 1. The standard InChI is InChI=1S/C16H19N3O/c1-12-4-2-3-5-14(12)7-9-16(20)19-15-8-6-13(10-17)11-18-15/h2-6,8,11H,7,9-10,17H2,1H3,(H,18,19,20). The molecule has 20 heavy (non-hydrogen) atoms. The molecule has 4 heteroatoms. The molecule has 2 aromatic rings. The Labute approximate surface area is 119 Å². The minimum absolute atomic E-state index is 0.0266. The Morgan fingerprint density at radius 1 is 1.25 bits per heavy atom. The maximum Gasteiger partial charge on any atom is 0.225 e. The lowest BCUT2D eigenvalue weighted by atomic mass is 10.0. The first-order valence-corrected chi connectivity index (χ1v) is 6.68. The zero-order chi connectivity index (χ0) is 14.4. The monoisotopic (exact) mass is 269 g/mol. The van der Waals surface area contributed by atoms with Crippen molar-refractivity contribution in [3.05, 3.63) is 59.3 Å². The first kappa shape index (κ1) is 14.2. The third kappa shape index (κ3) is 3.90. The molecule has 0 atom stereocenters. The summed E-state index contributed by atoms with van der Waals surface area (Å²) < 4.78 is 0. The molecule has 104 valence electrons. The highest BCUT2D eigenvalue weighted by atomic mass is 16.1. The summed E-state index contributed by atoms with van der Waals surface area (Å²) in [5.41, 5.74) is 8.86. The van der Waals surface area contributed by atoms with Gasteiger partial charge in [-0.1, -0.05) is 30.3 Å². The lowest BCUT2D eigenvalue weighted by Crippen LogP contribution is -2.13. The fraction of sp³-hybridized carbons (Fsp3) is 0.250. The highest BCUT2D eigenvalue weighted by molar-refractivity contribution is 5.89. The molecule has 0 aliphatic rings. The quantitative estimate of drug-likeness (QED) is 0.876. The number of anilines is 1. The van der Waals surface area contributed by atoms with Crippen LogP contribution in [-0.2, 0) is 17.8 Å². The van der Waals surface area contributed by atoms with Gasteiger partial charge < -0.3 is 11.1 Å². The Morgan fingerprint density at radius 3 is 2.70 bits per heavy atom. The van der Waals surface area contributed by atoms with Crippen molar-refractivity contribution >= 4 is 11.7 Å². The normalized spacial score (nSPS) is 10.3. The molecule has 0 unspecified atom stereocenters. The number of rotatable bonds is 5. The molecule has 1 amide bonds. The molecule has 0 radical (unpaired) electrons. The van der Waals surface area contributed by atoms with Crippen molar-refractivity contribution in [1.29, 1.82) is 0 Å². The SMILES string of the molecule is Cc1ccccc1CCC(=O)Nc1ccc(CN)cn1. The van der Waals surface area contributed by atoms with Crippen LogP contribution in [0.2, 0.25) is 0 Å². The summed E-state index contributed by atoms with van der Waals surface area (Å²) in [7, 11) is 0. The van der Waals surface area contributed by atoms with Crippen LogP contribution in [0.3, 0.4) is 0 Å². The van der Waals surface area contributed by atoms with Crippen molar-refractivity contribution in [2.75, 3.05) is 5.32 Å². The minimum atomic E-state index is -0.0266. The molecule has 0 bridgehead atoms. The van der Waals surface area contributed by atoms with Crippen LogP contribution in [0.15, 0.2) is 42.6 Å². The first-order chi connectivity index (χ1) is 9.69. The highest BCUT2D eigenvalue weighted by Gasteiger charge is 2.05. The summed E-state index contributed by atoms with van der Waals surface area (Å²) >= 11 is 0. The van der Waals surface area contributed by atoms with E-state index in [4.69, 9.17) is 5.73 Å². The molecule has 1 heterocycles. The number of benzene rings is 1. The Kier molecular flexibility index (Phi) is 4.85. The van der Waals surface area contributed by atoms with Crippen molar-refractivity contribution in [2.45, 2.75) is 26.3 Å². The first-order valence-electron chi connectivity index (χ1n) is 6.68. The highest BCUT2D eigenvalue weighted by Crippen LogP contribution is 2.10. The summed E-state index contributed by atoms with van der Waals surface area (Å²) in [6.45, 7) is 2.51. The van der Waals surface area contributed by atoms with E-state index in [0.717, 1.165) is 12.0 Å². The van der Waals surface area contributed by atoms with Gasteiger partial charge in [-0.3, -0.25) is 4.79 Å². The number of nitrogens with zero attached hydrogens (tertiary/aromatic N) is 1. The van der Waals surface area contributed by atoms with Gasteiger partial charge in [0, 0.05) is 19.2 Å². The summed E-state index contributed by atoms with van der Waals surface area (Å²) in [5, 5.41) is 2.79. The minimum Gasteiger partial charge on any atom is -0.326 e. The van der Waals surface area contributed by atoms with E-state index in [0.29, 0.717) is 18.8 Å². The van der Waals surface area contributed by atoms with Gasteiger partial charge in [-0.15, -0.1) is 0 Å². The molecule has 0 spiro atoms. The zero-order valence-corrected chi connectivity index (χ0v) is 11.6. The van der Waals surface area contributed by atoms with Crippen molar-refractivity contribution in [3.8, 4) is 0 Å². The average Bonchev–Trinajstić information content (AvgIpc) is 2.47. The molecule has 0 aliphatic heterocycles.